The molecule has 0 aliphatic rings. The molecule has 7 nitrogen and oxygen atoms in total. The normalized spacial score (nSPS) is 13.1. The van der Waals surface area contributed by atoms with Crippen LogP contribution in [0.5, 0.6) is 0 Å². The third-order valence-electron chi connectivity index (χ3n) is 2.78. The second-order valence-corrected chi connectivity index (χ2v) is 4.14. The van der Waals surface area contributed by atoms with Crippen molar-refractivity contribution in [3.63, 3.8) is 0 Å². The highest BCUT2D eigenvalue weighted by Gasteiger charge is 2.18. The number of carbonyl (C=O) groups is 1. The number of rotatable bonds is 5. The van der Waals surface area contributed by atoms with Gasteiger partial charge in [0.1, 0.15) is 5.69 Å². The minimum atomic E-state index is -0.212. The fraction of sp³-hybridized carbons (Fsp3) is 0.417. The van der Waals surface area contributed by atoms with Crippen LogP contribution in [0.15, 0.2) is 23.5 Å². The van der Waals surface area contributed by atoms with Crippen molar-refractivity contribution in [3.8, 4) is 0 Å². The summed E-state index contributed by atoms with van der Waals surface area (Å²) >= 11 is 0. The van der Waals surface area contributed by atoms with Gasteiger partial charge in [-0.3, -0.25) is 9.78 Å². The van der Waals surface area contributed by atoms with Gasteiger partial charge in [-0.2, -0.15) is 0 Å². The molecule has 0 fully saturated rings. The Balaban J connectivity index is 2.83. The predicted molar refractivity (Wildman–Crippen MR) is 70.2 cm³/mol. The van der Waals surface area contributed by atoms with Crippen LogP contribution in [-0.4, -0.2) is 53.6 Å². The number of nitrogens with two attached hydrogens (primary N) is 1. The monoisotopic (exact) mass is 266 g/mol. The van der Waals surface area contributed by atoms with Crippen molar-refractivity contribution in [1.29, 1.82) is 0 Å². The number of hydrogen-bond acceptors (Lipinski definition) is 5. The van der Waals surface area contributed by atoms with Crippen LogP contribution < -0.4 is 5.73 Å². The van der Waals surface area contributed by atoms with Gasteiger partial charge in [0.25, 0.3) is 5.91 Å². The van der Waals surface area contributed by atoms with E-state index in [0.29, 0.717) is 17.9 Å². The average Bonchev–Trinajstić information content (AvgIpc) is 2.45. The maximum atomic E-state index is 12.1. The maximum absolute atomic E-state index is 12.1. The van der Waals surface area contributed by atoms with E-state index < -0.39 is 0 Å². The number of ether oxygens (including phenoxy) is 1. The number of aromatic nitrogens is 1. The van der Waals surface area contributed by atoms with Gasteiger partial charge < -0.3 is 20.6 Å². The third-order valence-corrected chi connectivity index (χ3v) is 2.78. The van der Waals surface area contributed by atoms with Gasteiger partial charge in [-0.15, -0.1) is 0 Å². The molecule has 0 saturated heterocycles. The Morgan fingerprint density at radius 3 is 2.79 bits per heavy atom. The average molecular weight is 266 g/mol. The zero-order valence-corrected chi connectivity index (χ0v) is 11.2. The van der Waals surface area contributed by atoms with Gasteiger partial charge in [0.05, 0.1) is 12.6 Å². The highest BCUT2D eigenvalue weighted by molar-refractivity contribution is 5.98. The van der Waals surface area contributed by atoms with Gasteiger partial charge in [0.15, 0.2) is 5.84 Å². The van der Waals surface area contributed by atoms with Crippen molar-refractivity contribution in [3.05, 3.63) is 29.6 Å². The zero-order chi connectivity index (χ0) is 14.4. The van der Waals surface area contributed by atoms with Gasteiger partial charge >= 0.3 is 0 Å². The molecular formula is C12H18N4O3. The van der Waals surface area contributed by atoms with Crippen LogP contribution in [-0.2, 0) is 4.74 Å². The van der Waals surface area contributed by atoms with Gasteiger partial charge in [-0.05, 0) is 19.1 Å². The van der Waals surface area contributed by atoms with E-state index in [1.165, 1.54) is 12.3 Å². The van der Waals surface area contributed by atoms with Gasteiger partial charge in [-0.1, -0.05) is 5.16 Å². The maximum Gasteiger partial charge on any atom is 0.272 e. The van der Waals surface area contributed by atoms with Crippen LogP contribution in [0, 0.1) is 0 Å². The fourth-order valence-electron chi connectivity index (χ4n) is 1.46. The molecule has 19 heavy (non-hydrogen) atoms. The van der Waals surface area contributed by atoms with Gasteiger partial charge in [0, 0.05) is 25.9 Å². The summed E-state index contributed by atoms with van der Waals surface area (Å²) in [6.07, 6.45) is 1.39. The summed E-state index contributed by atoms with van der Waals surface area (Å²) in [5.74, 6) is -0.261. The quantitative estimate of drug-likeness (QED) is 0.345. The first-order valence-corrected chi connectivity index (χ1v) is 5.71. The zero-order valence-electron chi connectivity index (χ0n) is 11.2. The molecule has 1 atom stereocenters. The number of nitrogens with zero attached hydrogens (tertiary/aromatic N) is 3. The Hall–Kier alpha value is -2.15. The largest absolute Gasteiger partial charge is 0.409 e. The number of pyridine rings is 1. The van der Waals surface area contributed by atoms with E-state index in [1.54, 1.807) is 25.1 Å². The minimum Gasteiger partial charge on any atom is -0.409 e. The highest BCUT2D eigenvalue weighted by atomic mass is 16.5. The topological polar surface area (TPSA) is 101 Å². The van der Waals surface area contributed by atoms with Crippen LogP contribution in [0.4, 0.5) is 0 Å². The van der Waals surface area contributed by atoms with Crippen LogP contribution >= 0.6 is 0 Å². The SMILES string of the molecule is COCC(C)N(C)C(=O)c1ccc(C(N)=NO)cn1. The molecule has 1 unspecified atom stereocenters. The smallest absolute Gasteiger partial charge is 0.272 e. The minimum absolute atomic E-state index is 0.0485. The number of carbonyl (C=O) groups excluding carboxylic acids is 1. The second-order valence-electron chi connectivity index (χ2n) is 4.14. The number of hydrogen-bond donors (Lipinski definition) is 2. The van der Waals surface area contributed by atoms with Gasteiger partial charge in [0.2, 0.25) is 0 Å². The van der Waals surface area contributed by atoms with Crippen LogP contribution in [0.3, 0.4) is 0 Å². The molecule has 3 N–H and O–H groups in total. The van der Waals surface area contributed by atoms with Crippen LogP contribution in [0.1, 0.15) is 23.0 Å². The molecular weight excluding hydrogens is 248 g/mol. The Morgan fingerprint density at radius 2 is 2.32 bits per heavy atom. The van der Waals surface area contributed by atoms with E-state index in [1.807, 2.05) is 6.92 Å². The first kappa shape index (κ1) is 14.9. The van der Waals surface area contributed by atoms with E-state index in [2.05, 4.69) is 10.1 Å². The third kappa shape index (κ3) is 3.65. The lowest BCUT2D eigenvalue weighted by atomic mass is 10.2. The molecule has 7 heteroatoms. The Labute approximate surface area is 111 Å². The summed E-state index contributed by atoms with van der Waals surface area (Å²) in [5.41, 5.74) is 6.16. The summed E-state index contributed by atoms with van der Waals surface area (Å²) < 4.78 is 5.00. The molecule has 0 spiro atoms. The molecule has 1 aromatic heterocycles. The Morgan fingerprint density at radius 1 is 1.63 bits per heavy atom. The summed E-state index contributed by atoms with van der Waals surface area (Å²) in [5, 5.41) is 11.4. The standard InChI is InChI=1S/C12H18N4O3/c1-8(7-19-3)16(2)12(17)10-5-4-9(6-14-10)11(13)15-18/h4-6,8,18H,7H2,1-3H3,(H2,13,15). The van der Waals surface area contributed by atoms with Crippen molar-refractivity contribution < 1.29 is 14.7 Å². The highest BCUT2D eigenvalue weighted by Crippen LogP contribution is 2.06. The second kappa shape index (κ2) is 6.69. The number of methoxy groups -OCH3 is 1. The first-order valence-electron chi connectivity index (χ1n) is 5.71. The van der Waals surface area contributed by atoms with E-state index in [4.69, 9.17) is 15.7 Å². The van der Waals surface area contributed by atoms with Crippen molar-refractivity contribution in [2.45, 2.75) is 13.0 Å². The molecule has 1 heterocycles. The van der Waals surface area contributed by atoms with Crippen molar-refractivity contribution in [2.24, 2.45) is 10.9 Å². The number of amides is 1. The summed E-state index contributed by atoms with van der Waals surface area (Å²) in [6, 6.07) is 3.05. The summed E-state index contributed by atoms with van der Waals surface area (Å²) in [4.78, 5) is 17.7. The molecule has 1 rings (SSSR count). The Kier molecular flexibility index (Phi) is 5.25. The summed E-state index contributed by atoms with van der Waals surface area (Å²) in [6.45, 7) is 2.33. The number of oxime groups is 1. The molecule has 1 amide bonds. The lowest BCUT2D eigenvalue weighted by molar-refractivity contribution is 0.0628. The summed E-state index contributed by atoms with van der Waals surface area (Å²) in [7, 11) is 3.27. The molecule has 0 aliphatic heterocycles. The molecule has 1 aromatic rings. The lowest BCUT2D eigenvalue weighted by Gasteiger charge is -2.23. The van der Waals surface area contributed by atoms with Crippen LogP contribution in [0.25, 0.3) is 0 Å². The molecule has 0 aliphatic carbocycles. The molecule has 0 bridgehead atoms. The number of amidine groups is 1. The molecule has 0 saturated carbocycles. The van der Waals surface area contributed by atoms with E-state index in [0.717, 1.165) is 0 Å². The Bertz CT molecular complexity index is 459. The fourth-order valence-corrected chi connectivity index (χ4v) is 1.46. The van der Waals surface area contributed by atoms with E-state index in [-0.39, 0.29) is 17.8 Å². The first-order chi connectivity index (χ1) is 9.01. The predicted octanol–water partition coefficient (Wildman–Crippen LogP) is 0.283. The van der Waals surface area contributed by atoms with Crippen molar-refractivity contribution in [2.75, 3.05) is 20.8 Å². The van der Waals surface area contributed by atoms with E-state index >= 15 is 0 Å². The lowest BCUT2D eigenvalue weighted by Crippen LogP contribution is -2.38. The van der Waals surface area contributed by atoms with Gasteiger partial charge in [-0.25, -0.2) is 0 Å². The van der Waals surface area contributed by atoms with Crippen LogP contribution in [0.2, 0.25) is 0 Å². The molecule has 0 radical (unpaired) electrons. The number of likely N-dealkylation sites (N-methyl/N-ethyl adjacent to an activating group) is 1. The van der Waals surface area contributed by atoms with Crippen molar-refractivity contribution >= 4 is 11.7 Å². The van der Waals surface area contributed by atoms with Crippen molar-refractivity contribution in [1.82, 2.24) is 9.88 Å². The molecule has 104 valence electrons. The van der Waals surface area contributed by atoms with E-state index in [9.17, 15) is 4.79 Å². The molecule has 0 aromatic carbocycles.